The average Bonchev–Trinajstić information content (AvgIpc) is 2.31. The van der Waals surface area contributed by atoms with Crippen LogP contribution in [0.1, 0.15) is 39.2 Å². The fourth-order valence-corrected chi connectivity index (χ4v) is 1.87. The Labute approximate surface area is 109 Å². The second kappa shape index (κ2) is 6.83. The van der Waals surface area contributed by atoms with Gasteiger partial charge >= 0.3 is 0 Å². The van der Waals surface area contributed by atoms with Crippen molar-refractivity contribution in [2.75, 3.05) is 13.1 Å². The van der Waals surface area contributed by atoms with Crippen molar-refractivity contribution in [1.29, 1.82) is 0 Å². The van der Waals surface area contributed by atoms with E-state index in [-0.39, 0.29) is 5.41 Å². The average molecular weight is 255 g/mol. The second-order valence-electron chi connectivity index (χ2n) is 5.59. The zero-order valence-corrected chi connectivity index (χ0v) is 11.5. The summed E-state index contributed by atoms with van der Waals surface area (Å²) in [6.07, 6.45) is 2.85. The fraction of sp³-hybridized carbons (Fsp3) is 0.600. The van der Waals surface area contributed by atoms with E-state index in [1.165, 1.54) is 12.1 Å². The van der Waals surface area contributed by atoms with E-state index in [0.717, 1.165) is 37.9 Å². The third kappa shape index (κ3) is 5.13. The minimum absolute atomic E-state index is 0.167. The molecule has 0 bridgehead atoms. The maximum Gasteiger partial charge on any atom is 0.159 e. The van der Waals surface area contributed by atoms with Crippen LogP contribution in [-0.4, -0.2) is 13.1 Å². The molecule has 102 valence electrons. The smallest absolute Gasteiger partial charge is 0.159 e. The maximum atomic E-state index is 13.1. The molecule has 0 fully saturated rings. The summed E-state index contributed by atoms with van der Waals surface area (Å²) in [5, 5.41) is 3.40. The molecule has 1 rings (SSSR count). The van der Waals surface area contributed by atoms with Crippen LogP contribution < -0.4 is 5.32 Å². The number of aryl methyl sites for hydroxylation is 1. The molecule has 0 saturated carbocycles. The molecule has 0 aliphatic carbocycles. The third-order valence-corrected chi connectivity index (χ3v) is 3.10. The zero-order valence-electron chi connectivity index (χ0n) is 11.5. The zero-order chi connectivity index (χ0) is 13.6. The van der Waals surface area contributed by atoms with E-state index in [1.54, 1.807) is 6.07 Å². The number of hydrogen-bond donors (Lipinski definition) is 1. The maximum absolute atomic E-state index is 13.1. The van der Waals surface area contributed by atoms with Crippen molar-refractivity contribution in [3.8, 4) is 0 Å². The van der Waals surface area contributed by atoms with E-state index in [4.69, 9.17) is 0 Å². The first-order valence-corrected chi connectivity index (χ1v) is 6.59. The van der Waals surface area contributed by atoms with Crippen LogP contribution in [0.25, 0.3) is 0 Å². The third-order valence-electron chi connectivity index (χ3n) is 3.10. The topological polar surface area (TPSA) is 12.0 Å². The Morgan fingerprint density at radius 1 is 1.17 bits per heavy atom. The SMILES string of the molecule is CCCNCC(C)(C)CCc1ccc(F)c(F)c1. The highest BCUT2D eigenvalue weighted by Crippen LogP contribution is 2.22. The lowest BCUT2D eigenvalue weighted by Crippen LogP contribution is -2.30. The Morgan fingerprint density at radius 2 is 1.89 bits per heavy atom. The van der Waals surface area contributed by atoms with Crippen LogP contribution >= 0.6 is 0 Å². The van der Waals surface area contributed by atoms with Gasteiger partial charge in [0.15, 0.2) is 11.6 Å². The van der Waals surface area contributed by atoms with E-state index in [1.807, 2.05) is 0 Å². The Morgan fingerprint density at radius 3 is 2.50 bits per heavy atom. The van der Waals surface area contributed by atoms with Crippen LogP contribution in [-0.2, 0) is 6.42 Å². The first kappa shape index (κ1) is 15.1. The molecule has 0 atom stereocenters. The summed E-state index contributed by atoms with van der Waals surface area (Å²) in [7, 11) is 0. The summed E-state index contributed by atoms with van der Waals surface area (Å²) >= 11 is 0. The van der Waals surface area contributed by atoms with Gasteiger partial charge in [-0.15, -0.1) is 0 Å². The van der Waals surface area contributed by atoms with E-state index in [2.05, 4.69) is 26.1 Å². The van der Waals surface area contributed by atoms with E-state index in [9.17, 15) is 8.78 Å². The molecule has 3 heteroatoms. The molecule has 18 heavy (non-hydrogen) atoms. The van der Waals surface area contributed by atoms with Gasteiger partial charge in [0.25, 0.3) is 0 Å². The normalized spacial score (nSPS) is 11.8. The Bertz CT molecular complexity index is 375. The molecule has 0 amide bonds. The summed E-state index contributed by atoms with van der Waals surface area (Å²) in [6.45, 7) is 8.49. The molecule has 1 aromatic rings. The van der Waals surface area contributed by atoms with Gasteiger partial charge in [0, 0.05) is 6.54 Å². The van der Waals surface area contributed by atoms with Crippen LogP contribution in [0.2, 0.25) is 0 Å². The number of hydrogen-bond acceptors (Lipinski definition) is 1. The highest BCUT2D eigenvalue weighted by molar-refractivity contribution is 5.18. The molecule has 0 saturated heterocycles. The predicted molar refractivity (Wildman–Crippen MR) is 71.6 cm³/mol. The quantitative estimate of drug-likeness (QED) is 0.728. The monoisotopic (exact) mass is 255 g/mol. The van der Waals surface area contributed by atoms with Gasteiger partial charge < -0.3 is 5.32 Å². The van der Waals surface area contributed by atoms with Gasteiger partial charge in [-0.2, -0.15) is 0 Å². The van der Waals surface area contributed by atoms with Gasteiger partial charge in [-0.05, 0) is 48.9 Å². The highest BCUT2D eigenvalue weighted by atomic mass is 19.2. The largest absolute Gasteiger partial charge is 0.316 e. The molecule has 0 spiro atoms. The number of benzene rings is 1. The summed E-state index contributed by atoms with van der Waals surface area (Å²) < 4.78 is 25.9. The van der Waals surface area contributed by atoms with Crippen molar-refractivity contribution >= 4 is 0 Å². The lowest BCUT2D eigenvalue weighted by Gasteiger charge is -2.25. The highest BCUT2D eigenvalue weighted by Gasteiger charge is 2.17. The molecule has 0 radical (unpaired) electrons. The molecule has 0 aliphatic rings. The van der Waals surface area contributed by atoms with Gasteiger partial charge in [-0.25, -0.2) is 8.78 Å². The minimum atomic E-state index is -0.775. The second-order valence-corrected chi connectivity index (χ2v) is 5.59. The lowest BCUT2D eigenvalue weighted by atomic mass is 9.86. The van der Waals surface area contributed by atoms with E-state index >= 15 is 0 Å². The predicted octanol–water partition coefficient (Wildman–Crippen LogP) is 3.92. The van der Waals surface area contributed by atoms with Crippen molar-refractivity contribution in [2.24, 2.45) is 5.41 Å². The first-order chi connectivity index (χ1) is 8.44. The Balaban J connectivity index is 2.45. The van der Waals surface area contributed by atoms with Gasteiger partial charge in [-0.3, -0.25) is 0 Å². The van der Waals surface area contributed by atoms with Crippen LogP contribution in [0.15, 0.2) is 18.2 Å². The molecular formula is C15H23F2N. The molecule has 0 aromatic heterocycles. The minimum Gasteiger partial charge on any atom is -0.316 e. The molecule has 0 unspecified atom stereocenters. The summed E-state index contributed by atoms with van der Waals surface area (Å²) in [5.41, 5.74) is 1.03. The van der Waals surface area contributed by atoms with Gasteiger partial charge in [0.1, 0.15) is 0 Å². The van der Waals surface area contributed by atoms with Crippen molar-refractivity contribution in [3.63, 3.8) is 0 Å². The van der Waals surface area contributed by atoms with Crippen LogP contribution in [0, 0.1) is 17.0 Å². The summed E-state index contributed by atoms with van der Waals surface area (Å²) in [4.78, 5) is 0. The number of nitrogens with one attached hydrogen (secondary N) is 1. The molecule has 0 heterocycles. The van der Waals surface area contributed by atoms with Crippen molar-refractivity contribution in [3.05, 3.63) is 35.4 Å². The molecule has 1 aromatic carbocycles. The summed E-state index contributed by atoms with van der Waals surface area (Å²) in [6, 6.07) is 4.16. The lowest BCUT2D eigenvalue weighted by molar-refractivity contribution is 0.315. The summed E-state index contributed by atoms with van der Waals surface area (Å²) in [5.74, 6) is -1.53. The fourth-order valence-electron chi connectivity index (χ4n) is 1.87. The van der Waals surface area contributed by atoms with Gasteiger partial charge in [0.2, 0.25) is 0 Å². The van der Waals surface area contributed by atoms with Crippen molar-refractivity contribution < 1.29 is 8.78 Å². The van der Waals surface area contributed by atoms with E-state index in [0.29, 0.717) is 0 Å². The Hall–Kier alpha value is -0.960. The van der Waals surface area contributed by atoms with Crippen molar-refractivity contribution in [2.45, 2.75) is 40.0 Å². The molecular weight excluding hydrogens is 232 g/mol. The van der Waals surface area contributed by atoms with Crippen LogP contribution in [0.3, 0.4) is 0 Å². The van der Waals surface area contributed by atoms with Crippen LogP contribution in [0.4, 0.5) is 8.78 Å². The van der Waals surface area contributed by atoms with Gasteiger partial charge in [-0.1, -0.05) is 26.8 Å². The van der Waals surface area contributed by atoms with Crippen LogP contribution in [0.5, 0.6) is 0 Å². The standard InChI is InChI=1S/C15H23F2N/c1-4-9-18-11-15(2,3)8-7-12-5-6-13(16)14(17)10-12/h5-6,10,18H,4,7-9,11H2,1-3H3. The molecule has 1 nitrogen and oxygen atoms in total. The Kier molecular flexibility index (Phi) is 5.73. The molecule has 1 N–H and O–H groups in total. The molecule has 0 aliphatic heterocycles. The van der Waals surface area contributed by atoms with Gasteiger partial charge in [0.05, 0.1) is 0 Å². The van der Waals surface area contributed by atoms with Crippen molar-refractivity contribution in [1.82, 2.24) is 5.32 Å². The first-order valence-electron chi connectivity index (χ1n) is 6.59. The number of halogens is 2. The van der Waals surface area contributed by atoms with E-state index < -0.39 is 11.6 Å². The number of rotatable bonds is 7.